The first kappa shape index (κ1) is 17.9. The third kappa shape index (κ3) is 3.52. The average molecular weight is 397 g/mol. The van der Waals surface area contributed by atoms with E-state index in [2.05, 4.69) is 34.9 Å². The van der Waals surface area contributed by atoms with E-state index >= 15 is 0 Å². The summed E-state index contributed by atoms with van der Waals surface area (Å²) in [6.45, 7) is 1.33. The Morgan fingerprint density at radius 3 is 2.33 bits per heavy atom. The molecule has 3 rings (SSSR count). The van der Waals surface area contributed by atoms with Crippen molar-refractivity contribution in [3.63, 3.8) is 0 Å². The van der Waals surface area contributed by atoms with Gasteiger partial charge in [-0.05, 0) is 44.8 Å². The highest BCUT2D eigenvalue weighted by Crippen LogP contribution is 2.39. The fourth-order valence-electron chi connectivity index (χ4n) is 3.80. The highest BCUT2D eigenvalue weighted by molar-refractivity contribution is 9.10. The second-order valence-electron chi connectivity index (χ2n) is 6.87. The number of benzene rings is 1. The minimum atomic E-state index is -0.451. The molecule has 0 unspecified atom stereocenters. The number of hydrogen-bond acceptors (Lipinski definition) is 4. The van der Waals surface area contributed by atoms with Gasteiger partial charge in [-0.1, -0.05) is 15.9 Å². The van der Waals surface area contributed by atoms with E-state index in [1.807, 2.05) is 36.2 Å². The van der Waals surface area contributed by atoms with Crippen molar-refractivity contribution in [2.75, 3.05) is 34.4 Å². The fraction of sp³-hybridized carbons (Fsp3) is 0.611. The maximum Gasteiger partial charge on any atom is 0.253 e. The largest absolute Gasteiger partial charge is 0.347 e. The molecule has 1 aromatic rings. The maximum absolute atomic E-state index is 12.9. The SMILES string of the molecule is CN(C)[C@H]1CC2(CC[C@@H]1N(C)C(=O)c1ccc(Br)cc1)OCCO2. The lowest BCUT2D eigenvalue weighted by Gasteiger charge is -2.46. The minimum absolute atomic E-state index is 0.0589. The summed E-state index contributed by atoms with van der Waals surface area (Å²) in [6.07, 6.45) is 2.50. The van der Waals surface area contributed by atoms with E-state index in [0.29, 0.717) is 18.8 Å². The standard InChI is InChI=1S/C18H25BrN2O3/c1-20(2)16-12-18(23-10-11-24-18)9-8-15(16)21(3)17(22)13-4-6-14(19)7-5-13/h4-7,15-16H,8-12H2,1-3H3/t15-,16-/m0/s1. The zero-order valence-corrected chi connectivity index (χ0v) is 16.1. The van der Waals surface area contributed by atoms with Crippen LogP contribution in [-0.2, 0) is 9.47 Å². The Morgan fingerprint density at radius 1 is 1.12 bits per heavy atom. The molecule has 1 aromatic carbocycles. The van der Waals surface area contributed by atoms with Gasteiger partial charge in [0.05, 0.1) is 13.2 Å². The van der Waals surface area contributed by atoms with Crippen LogP contribution in [0.5, 0.6) is 0 Å². The van der Waals surface area contributed by atoms with Gasteiger partial charge in [-0.25, -0.2) is 0 Å². The molecule has 0 aromatic heterocycles. The second kappa shape index (κ2) is 7.12. The molecule has 2 fully saturated rings. The number of ether oxygens (including phenoxy) is 2. The molecule has 1 saturated heterocycles. The van der Waals surface area contributed by atoms with Crippen LogP contribution in [0.1, 0.15) is 29.6 Å². The van der Waals surface area contributed by atoms with Gasteiger partial charge in [-0.3, -0.25) is 4.79 Å². The molecule has 0 radical (unpaired) electrons. The van der Waals surface area contributed by atoms with Gasteiger partial charge in [-0.15, -0.1) is 0 Å². The number of amides is 1. The van der Waals surface area contributed by atoms with Gasteiger partial charge in [0.1, 0.15) is 0 Å². The molecule has 1 amide bonds. The molecule has 1 saturated carbocycles. The molecule has 2 atom stereocenters. The average Bonchev–Trinajstić information content (AvgIpc) is 3.02. The van der Waals surface area contributed by atoms with Crippen LogP contribution in [0.3, 0.4) is 0 Å². The number of halogens is 1. The van der Waals surface area contributed by atoms with Crippen LogP contribution < -0.4 is 0 Å². The van der Waals surface area contributed by atoms with E-state index in [1.54, 1.807) is 0 Å². The lowest BCUT2D eigenvalue weighted by atomic mass is 9.84. The monoisotopic (exact) mass is 396 g/mol. The van der Waals surface area contributed by atoms with Crippen molar-refractivity contribution in [1.82, 2.24) is 9.80 Å². The van der Waals surface area contributed by atoms with Gasteiger partial charge in [0.25, 0.3) is 5.91 Å². The van der Waals surface area contributed by atoms with Crippen LogP contribution in [0.25, 0.3) is 0 Å². The predicted molar refractivity (Wildman–Crippen MR) is 96.0 cm³/mol. The molecule has 2 aliphatic rings. The molecule has 6 heteroatoms. The molecule has 0 bridgehead atoms. The molecule has 1 aliphatic carbocycles. The van der Waals surface area contributed by atoms with E-state index in [4.69, 9.17) is 9.47 Å². The number of nitrogens with zero attached hydrogens (tertiary/aromatic N) is 2. The first-order valence-electron chi connectivity index (χ1n) is 8.39. The third-order valence-corrected chi connectivity index (χ3v) is 5.70. The highest BCUT2D eigenvalue weighted by atomic mass is 79.9. The molecule has 132 valence electrons. The normalized spacial score (nSPS) is 26.0. The van der Waals surface area contributed by atoms with Crippen LogP contribution in [0.2, 0.25) is 0 Å². The van der Waals surface area contributed by atoms with Gasteiger partial charge in [0.15, 0.2) is 5.79 Å². The predicted octanol–water partition coefficient (Wildman–Crippen LogP) is 2.75. The number of carbonyl (C=O) groups is 1. The van der Waals surface area contributed by atoms with Crippen molar-refractivity contribution >= 4 is 21.8 Å². The Hall–Kier alpha value is -0.950. The smallest absolute Gasteiger partial charge is 0.253 e. The van der Waals surface area contributed by atoms with Crippen molar-refractivity contribution < 1.29 is 14.3 Å². The number of likely N-dealkylation sites (N-methyl/N-ethyl adjacent to an activating group) is 2. The van der Waals surface area contributed by atoms with Crippen LogP contribution in [0.15, 0.2) is 28.7 Å². The second-order valence-corrected chi connectivity index (χ2v) is 7.79. The molecule has 1 aliphatic heterocycles. The summed E-state index contributed by atoms with van der Waals surface area (Å²) in [7, 11) is 6.02. The number of carbonyl (C=O) groups excluding carboxylic acids is 1. The molecule has 0 N–H and O–H groups in total. The van der Waals surface area contributed by atoms with Crippen molar-refractivity contribution in [3.05, 3.63) is 34.3 Å². The summed E-state index contributed by atoms with van der Waals surface area (Å²) in [5.74, 6) is -0.393. The lowest BCUT2D eigenvalue weighted by molar-refractivity contribution is -0.195. The molecular formula is C18H25BrN2O3. The van der Waals surface area contributed by atoms with Gasteiger partial charge in [-0.2, -0.15) is 0 Å². The minimum Gasteiger partial charge on any atom is -0.347 e. The number of rotatable bonds is 3. The summed E-state index contributed by atoms with van der Waals surface area (Å²) in [5, 5.41) is 0. The summed E-state index contributed by atoms with van der Waals surface area (Å²) >= 11 is 3.41. The van der Waals surface area contributed by atoms with E-state index in [1.165, 1.54) is 0 Å². The molecule has 5 nitrogen and oxygen atoms in total. The molecular weight excluding hydrogens is 372 g/mol. The van der Waals surface area contributed by atoms with Crippen LogP contribution in [0.4, 0.5) is 0 Å². The van der Waals surface area contributed by atoms with Crippen molar-refractivity contribution in [2.24, 2.45) is 0 Å². The first-order chi connectivity index (χ1) is 11.4. The Labute approximate surface area is 152 Å². The topological polar surface area (TPSA) is 42.0 Å². The first-order valence-corrected chi connectivity index (χ1v) is 9.18. The Kier molecular flexibility index (Phi) is 5.30. The van der Waals surface area contributed by atoms with E-state index < -0.39 is 5.79 Å². The molecule has 1 spiro atoms. The summed E-state index contributed by atoms with van der Waals surface area (Å²) in [5.41, 5.74) is 0.715. The van der Waals surface area contributed by atoms with E-state index in [-0.39, 0.29) is 18.0 Å². The van der Waals surface area contributed by atoms with E-state index in [9.17, 15) is 4.79 Å². The Morgan fingerprint density at radius 2 is 1.75 bits per heavy atom. The van der Waals surface area contributed by atoms with Crippen LogP contribution in [-0.4, -0.2) is 67.9 Å². The lowest BCUT2D eigenvalue weighted by Crippen LogP contribution is -2.57. The Balaban J connectivity index is 1.76. The summed E-state index contributed by atoms with van der Waals surface area (Å²) in [6, 6.07) is 7.89. The van der Waals surface area contributed by atoms with Gasteiger partial charge >= 0.3 is 0 Å². The summed E-state index contributed by atoms with van der Waals surface area (Å²) < 4.78 is 12.8. The third-order valence-electron chi connectivity index (χ3n) is 5.17. The van der Waals surface area contributed by atoms with Crippen molar-refractivity contribution in [2.45, 2.75) is 37.1 Å². The van der Waals surface area contributed by atoms with Gasteiger partial charge in [0.2, 0.25) is 0 Å². The van der Waals surface area contributed by atoms with Crippen molar-refractivity contribution in [3.8, 4) is 0 Å². The zero-order valence-electron chi connectivity index (χ0n) is 14.5. The molecule has 24 heavy (non-hydrogen) atoms. The van der Waals surface area contributed by atoms with Crippen LogP contribution >= 0.6 is 15.9 Å². The number of hydrogen-bond donors (Lipinski definition) is 0. The van der Waals surface area contributed by atoms with Gasteiger partial charge < -0.3 is 19.3 Å². The highest BCUT2D eigenvalue weighted by Gasteiger charge is 2.47. The van der Waals surface area contributed by atoms with E-state index in [0.717, 1.165) is 23.7 Å². The Bertz CT molecular complexity index is 584. The maximum atomic E-state index is 12.9. The molecule has 1 heterocycles. The zero-order chi connectivity index (χ0) is 17.3. The fourth-order valence-corrected chi connectivity index (χ4v) is 4.07. The summed E-state index contributed by atoms with van der Waals surface area (Å²) in [4.78, 5) is 16.9. The van der Waals surface area contributed by atoms with Gasteiger partial charge in [0, 0.05) is 42.0 Å². The van der Waals surface area contributed by atoms with Crippen LogP contribution in [0, 0.1) is 0 Å². The quantitative estimate of drug-likeness (QED) is 0.787. The van der Waals surface area contributed by atoms with Crippen molar-refractivity contribution in [1.29, 1.82) is 0 Å².